The summed E-state index contributed by atoms with van der Waals surface area (Å²) in [6, 6.07) is 7.52. The molecule has 4 rings (SSSR count). The molecule has 0 bridgehead atoms. The molecular formula is C19H19N5O2S2. The average molecular weight is 414 g/mol. The third kappa shape index (κ3) is 3.31. The molecule has 0 saturated carbocycles. The topological polar surface area (TPSA) is 100.0 Å². The summed E-state index contributed by atoms with van der Waals surface area (Å²) in [5.41, 5.74) is 8.09. The molecule has 0 fully saturated rings. The van der Waals surface area contributed by atoms with Gasteiger partial charge in [-0.1, -0.05) is 23.9 Å². The van der Waals surface area contributed by atoms with Crippen molar-refractivity contribution in [2.24, 2.45) is 0 Å². The zero-order valence-corrected chi connectivity index (χ0v) is 17.5. The minimum absolute atomic E-state index is 0.0969. The summed E-state index contributed by atoms with van der Waals surface area (Å²) in [6.07, 6.45) is 0. The Morgan fingerprint density at radius 3 is 2.75 bits per heavy atom. The molecule has 28 heavy (non-hydrogen) atoms. The van der Waals surface area contributed by atoms with E-state index in [-0.39, 0.29) is 5.25 Å². The van der Waals surface area contributed by atoms with Crippen LogP contribution in [-0.2, 0) is 0 Å². The second-order valence-corrected chi connectivity index (χ2v) is 8.76. The molecule has 0 aliphatic rings. The van der Waals surface area contributed by atoms with Crippen molar-refractivity contribution in [3.05, 3.63) is 40.5 Å². The van der Waals surface area contributed by atoms with Crippen molar-refractivity contribution >= 4 is 39.1 Å². The molecule has 7 nitrogen and oxygen atoms in total. The van der Waals surface area contributed by atoms with Gasteiger partial charge < -0.3 is 14.9 Å². The van der Waals surface area contributed by atoms with Gasteiger partial charge in [-0.05, 0) is 38.5 Å². The molecule has 0 spiro atoms. The van der Waals surface area contributed by atoms with Crippen molar-refractivity contribution in [2.45, 2.75) is 31.2 Å². The smallest absolute Gasteiger partial charge is 0.277 e. The molecule has 2 N–H and O–H groups in total. The highest BCUT2D eigenvalue weighted by atomic mass is 32.2. The first-order chi connectivity index (χ1) is 13.5. The van der Waals surface area contributed by atoms with Crippen LogP contribution in [-0.4, -0.2) is 27.3 Å². The first-order valence-electron chi connectivity index (χ1n) is 8.64. The Balaban J connectivity index is 1.60. The van der Waals surface area contributed by atoms with E-state index in [1.165, 1.54) is 16.6 Å². The summed E-state index contributed by atoms with van der Waals surface area (Å²) in [5.74, 6) is 2.25. The van der Waals surface area contributed by atoms with E-state index in [0.717, 1.165) is 21.3 Å². The molecule has 0 saturated heterocycles. The number of nitrogens with two attached hydrogens (primary N) is 1. The molecular weight excluding hydrogens is 394 g/mol. The second-order valence-electron chi connectivity index (χ2n) is 6.26. The highest BCUT2D eigenvalue weighted by Crippen LogP contribution is 2.38. The lowest BCUT2D eigenvalue weighted by atomic mass is 10.2. The van der Waals surface area contributed by atoms with Gasteiger partial charge in [0.2, 0.25) is 0 Å². The standard InChI is InChI=1S/C19H19N5O2S2/c1-9-10(2)27-18-14(9)15(20)21-16(22-18)11(3)28-19-24-23-17(26-19)12-7-5-6-8-13(12)25-4/h5-8,11H,1-4H3,(H2,20,21,22). The molecule has 0 aliphatic heterocycles. The molecule has 1 unspecified atom stereocenters. The maximum absolute atomic E-state index is 6.20. The SMILES string of the molecule is COc1ccccc1-c1nnc(SC(C)c2nc(N)c3c(C)c(C)sc3n2)o1. The number of para-hydroxylation sites is 1. The molecule has 0 amide bonds. The number of fused-ring (bicyclic) bond motifs is 1. The number of thiophene rings is 1. The van der Waals surface area contributed by atoms with Crippen LogP contribution in [0.1, 0.15) is 28.4 Å². The van der Waals surface area contributed by atoms with Gasteiger partial charge in [-0.3, -0.25) is 0 Å². The van der Waals surface area contributed by atoms with Crippen LogP contribution < -0.4 is 10.5 Å². The van der Waals surface area contributed by atoms with Gasteiger partial charge in [-0.2, -0.15) is 0 Å². The predicted molar refractivity (Wildman–Crippen MR) is 112 cm³/mol. The van der Waals surface area contributed by atoms with E-state index in [1.807, 2.05) is 38.1 Å². The van der Waals surface area contributed by atoms with Gasteiger partial charge in [0, 0.05) is 4.88 Å². The van der Waals surface area contributed by atoms with Gasteiger partial charge in [0.25, 0.3) is 11.1 Å². The first-order valence-corrected chi connectivity index (χ1v) is 10.3. The summed E-state index contributed by atoms with van der Waals surface area (Å²) < 4.78 is 11.2. The van der Waals surface area contributed by atoms with Crippen molar-refractivity contribution < 1.29 is 9.15 Å². The molecule has 144 valence electrons. The fourth-order valence-electron chi connectivity index (χ4n) is 2.87. The number of anilines is 1. The lowest BCUT2D eigenvalue weighted by Gasteiger charge is -2.08. The Kier molecular flexibility index (Phi) is 4.94. The van der Waals surface area contributed by atoms with E-state index in [4.69, 9.17) is 19.9 Å². The number of methoxy groups -OCH3 is 1. The van der Waals surface area contributed by atoms with Crippen LogP contribution in [0.25, 0.3) is 21.7 Å². The fourth-order valence-corrected chi connectivity index (χ4v) is 4.64. The van der Waals surface area contributed by atoms with Gasteiger partial charge in [0.05, 0.1) is 23.3 Å². The number of ether oxygens (including phenoxy) is 1. The second kappa shape index (κ2) is 7.40. The molecule has 4 aromatic rings. The Hall–Kier alpha value is -2.65. The minimum atomic E-state index is -0.0969. The summed E-state index contributed by atoms with van der Waals surface area (Å²) >= 11 is 3.03. The van der Waals surface area contributed by atoms with Crippen molar-refractivity contribution in [1.82, 2.24) is 20.2 Å². The molecule has 9 heteroatoms. The van der Waals surface area contributed by atoms with Crippen LogP contribution in [0, 0.1) is 13.8 Å². The lowest BCUT2D eigenvalue weighted by Crippen LogP contribution is -2.02. The fraction of sp³-hybridized carbons (Fsp3) is 0.263. The third-order valence-electron chi connectivity index (χ3n) is 4.46. The van der Waals surface area contributed by atoms with Crippen LogP contribution in [0.15, 0.2) is 33.9 Å². The van der Waals surface area contributed by atoms with E-state index in [2.05, 4.69) is 22.1 Å². The highest BCUT2D eigenvalue weighted by molar-refractivity contribution is 7.99. The largest absolute Gasteiger partial charge is 0.496 e. The summed E-state index contributed by atoms with van der Waals surface area (Å²) in [6.45, 7) is 6.10. The van der Waals surface area contributed by atoms with E-state index in [9.17, 15) is 0 Å². The number of rotatable bonds is 5. The number of nitrogen functional groups attached to an aromatic ring is 1. The normalized spacial score (nSPS) is 12.4. The maximum Gasteiger partial charge on any atom is 0.277 e. The average Bonchev–Trinajstić information content (AvgIpc) is 3.26. The molecule has 1 aromatic carbocycles. The number of hydrogen-bond donors (Lipinski definition) is 1. The molecule has 3 aromatic heterocycles. The number of hydrogen-bond acceptors (Lipinski definition) is 9. The minimum Gasteiger partial charge on any atom is -0.496 e. The monoisotopic (exact) mass is 413 g/mol. The Bertz CT molecular complexity index is 1150. The van der Waals surface area contributed by atoms with Crippen molar-refractivity contribution in [2.75, 3.05) is 12.8 Å². The molecule has 0 aliphatic carbocycles. The number of aromatic nitrogens is 4. The zero-order valence-electron chi connectivity index (χ0n) is 15.9. The predicted octanol–water partition coefficient (Wildman–Crippen LogP) is 4.80. The van der Waals surface area contributed by atoms with Crippen molar-refractivity contribution in [1.29, 1.82) is 0 Å². The van der Waals surface area contributed by atoms with E-state index < -0.39 is 0 Å². The Morgan fingerprint density at radius 1 is 1.18 bits per heavy atom. The lowest BCUT2D eigenvalue weighted by molar-refractivity contribution is 0.411. The van der Waals surface area contributed by atoms with Gasteiger partial charge in [-0.25, -0.2) is 9.97 Å². The van der Waals surface area contributed by atoms with Crippen LogP contribution in [0.2, 0.25) is 0 Å². The number of aryl methyl sites for hydroxylation is 2. The van der Waals surface area contributed by atoms with E-state index in [1.54, 1.807) is 18.4 Å². The van der Waals surface area contributed by atoms with Crippen LogP contribution in [0.4, 0.5) is 5.82 Å². The van der Waals surface area contributed by atoms with Gasteiger partial charge >= 0.3 is 0 Å². The summed E-state index contributed by atoms with van der Waals surface area (Å²) in [7, 11) is 1.61. The van der Waals surface area contributed by atoms with Crippen molar-refractivity contribution in [3.8, 4) is 17.2 Å². The number of nitrogens with zero attached hydrogens (tertiary/aromatic N) is 4. The van der Waals surface area contributed by atoms with Gasteiger partial charge in [0.15, 0.2) is 0 Å². The summed E-state index contributed by atoms with van der Waals surface area (Å²) in [5, 5.41) is 9.57. The molecule has 0 radical (unpaired) electrons. The number of thioether (sulfide) groups is 1. The Morgan fingerprint density at radius 2 is 1.96 bits per heavy atom. The highest BCUT2D eigenvalue weighted by Gasteiger charge is 2.20. The van der Waals surface area contributed by atoms with Gasteiger partial charge in [0.1, 0.15) is 22.2 Å². The summed E-state index contributed by atoms with van der Waals surface area (Å²) in [4.78, 5) is 11.3. The van der Waals surface area contributed by atoms with Crippen molar-refractivity contribution in [3.63, 3.8) is 0 Å². The van der Waals surface area contributed by atoms with E-state index >= 15 is 0 Å². The van der Waals surface area contributed by atoms with Crippen LogP contribution in [0.5, 0.6) is 5.75 Å². The van der Waals surface area contributed by atoms with Crippen LogP contribution in [0.3, 0.4) is 0 Å². The van der Waals surface area contributed by atoms with Crippen LogP contribution >= 0.6 is 23.1 Å². The molecule has 3 heterocycles. The maximum atomic E-state index is 6.20. The van der Waals surface area contributed by atoms with E-state index in [0.29, 0.717) is 28.5 Å². The molecule has 1 atom stereocenters. The quantitative estimate of drug-likeness (QED) is 0.466. The number of benzene rings is 1. The van der Waals surface area contributed by atoms with Gasteiger partial charge in [-0.15, -0.1) is 21.5 Å². The zero-order chi connectivity index (χ0) is 19.8. The third-order valence-corrected chi connectivity index (χ3v) is 6.49. The first kappa shape index (κ1) is 18.7. The Labute approximate surface area is 170 Å².